The number of thiocarbonyl (C=S) groups is 1. The summed E-state index contributed by atoms with van der Waals surface area (Å²) in [4.78, 5) is 15.3. The number of carbonyl (C=O) groups excluding carboxylic acids is 1. The van der Waals surface area contributed by atoms with Gasteiger partial charge in [-0.15, -0.1) is 0 Å². The van der Waals surface area contributed by atoms with E-state index in [4.69, 9.17) is 33.7 Å². The molecule has 1 fully saturated rings. The summed E-state index contributed by atoms with van der Waals surface area (Å²) in [5, 5.41) is 5.32. The maximum Gasteiger partial charge on any atom is 0.266 e. The van der Waals surface area contributed by atoms with Crippen LogP contribution in [-0.4, -0.2) is 31.5 Å². The highest BCUT2D eigenvalue weighted by Crippen LogP contribution is 2.37. The van der Waals surface area contributed by atoms with Gasteiger partial charge in [-0.1, -0.05) is 72.8 Å². The van der Waals surface area contributed by atoms with Gasteiger partial charge in [0.25, 0.3) is 5.91 Å². The van der Waals surface area contributed by atoms with Crippen LogP contribution < -0.4 is 4.74 Å². The van der Waals surface area contributed by atoms with Crippen molar-refractivity contribution in [2.75, 3.05) is 6.61 Å². The molecule has 0 radical (unpaired) electrons. The molecular formula is C29H23ClFN3O2S2. The molecular weight excluding hydrogens is 541 g/mol. The Morgan fingerprint density at radius 1 is 1.11 bits per heavy atom. The molecule has 0 bridgehead atoms. The summed E-state index contributed by atoms with van der Waals surface area (Å²) < 4.78 is 21.3. The number of carbonyl (C=O) groups is 1. The van der Waals surface area contributed by atoms with Gasteiger partial charge < -0.3 is 4.74 Å². The zero-order valence-electron chi connectivity index (χ0n) is 20.4. The molecule has 192 valence electrons. The summed E-state index contributed by atoms with van der Waals surface area (Å²) in [6, 6.07) is 21.3. The maximum atomic E-state index is 13.3. The van der Waals surface area contributed by atoms with E-state index < -0.39 is 0 Å². The van der Waals surface area contributed by atoms with E-state index in [-0.39, 0.29) is 18.3 Å². The summed E-state index contributed by atoms with van der Waals surface area (Å²) in [5.74, 6) is 0.0825. The van der Waals surface area contributed by atoms with Crippen molar-refractivity contribution in [3.05, 3.63) is 106 Å². The predicted molar refractivity (Wildman–Crippen MR) is 155 cm³/mol. The Bertz CT molecular complexity index is 1520. The van der Waals surface area contributed by atoms with Crippen LogP contribution in [0.2, 0.25) is 5.02 Å². The zero-order valence-corrected chi connectivity index (χ0v) is 22.8. The molecule has 0 saturated carbocycles. The van der Waals surface area contributed by atoms with Crippen molar-refractivity contribution >= 4 is 51.9 Å². The molecule has 1 aromatic heterocycles. The minimum atomic E-state index is -0.327. The standard InChI is InChI=1S/C29H23ClFN3O2S2/c1-2-14-36-25-13-10-20(15-24(25)30)27-21(18-34(32-27)23-6-4-3-5-7-23)16-26-28(35)33(29(37)38-26)17-19-8-11-22(31)12-9-19/h3-13,15-16,18H,2,14,17H2,1H3. The zero-order chi connectivity index (χ0) is 26.6. The Hall–Kier alpha value is -3.46. The van der Waals surface area contributed by atoms with E-state index in [1.807, 2.05) is 61.7 Å². The number of benzene rings is 3. The van der Waals surface area contributed by atoms with Crippen LogP contribution in [0, 0.1) is 5.82 Å². The number of aromatic nitrogens is 2. The molecule has 0 unspecified atom stereocenters. The number of hydrogen-bond donors (Lipinski definition) is 0. The van der Waals surface area contributed by atoms with Gasteiger partial charge in [-0.05, 0) is 60.5 Å². The van der Waals surface area contributed by atoms with Crippen molar-refractivity contribution in [3.8, 4) is 22.7 Å². The second-order valence-corrected chi connectivity index (χ2v) is 10.7. The minimum absolute atomic E-state index is 0.205. The lowest BCUT2D eigenvalue weighted by molar-refractivity contribution is -0.122. The van der Waals surface area contributed by atoms with Gasteiger partial charge in [0.15, 0.2) is 0 Å². The van der Waals surface area contributed by atoms with Crippen molar-refractivity contribution < 1.29 is 13.9 Å². The SMILES string of the molecule is CCCOc1ccc(-c2nn(-c3ccccc3)cc2C=C2SC(=S)N(Cc3ccc(F)cc3)C2=O)cc1Cl. The monoisotopic (exact) mass is 563 g/mol. The van der Waals surface area contributed by atoms with Gasteiger partial charge in [-0.2, -0.15) is 5.10 Å². The molecule has 1 saturated heterocycles. The van der Waals surface area contributed by atoms with Gasteiger partial charge in [-0.25, -0.2) is 9.07 Å². The lowest BCUT2D eigenvalue weighted by atomic mass is 10.1. The summed E-state index contributed by atoms with van der Waals surface area (Å²) in [5.41, 5.74) is 3.88. The van der Waals surface area contributed by atoms with Crippen molar-refractivity contribution in [2.24, 2.45) is 0 Å². The van der Waals surface area contributed by atoms with Gasteiger partial charge in [0.1, 0.15) is 21.6 Å². The Balaban J connectivity index is 1.50. The third-order valence-electron chi connectivity index (χ3n) is 5.84. The van der Waals surface area contributed by atoms with Crippen LogP contribution in [-0.2, 0) is 11.3 Å². The normalized spacial score (nSPS) is 14.5. The predicted octanol–water partition coefficient (Wildman–Crippen LogP) is 7.52. The summed E-state index contributed by atoms with van der Waals surface area (Å²) in [7, 11) is 0. The Labute approximate surface area is 234 Å². The molecule has 4 aromatic rings. The Kier molecular flexibility index (Phi) is 7.93. The first-order valence-corrected chi connectivity index (χ1v) is 13.6. The number of thioether (sulfide) groups is 1. The molecule has 9 heteroatoms. The summed E-state index contributed by atoms with van der Waals surface area (Å²) >= 11 is 13.3. The van der Waals surface area contributed by atoms with Gasteiger partial charge in [0, 0.05) is 17.3 Å². The number of nitrogens with zero attached hydrogens (tertiary/aromatic N) is 3. The second-order valence-electron chi connectivity index (χ2n) is 8.60. The molecule has 38 heavy (non-hydrogen) atoms. The fourth-order valence-corrected chi connectivity index (χ4v) is 5.44. The van der Waals surface area contributed by atoms with Crippen LogP contribution >= 0.6 is 35.6 Å². The highest BCUT2D eigenvalue weighted by Gasteiger charge is 2.32. The average molecular weight is 564 g/mol. The van der Waals surface area contributed by atoms with Gasteiger partial charge in [0.2, 0.25) is 0 Å². The maximum absolute atomic E-state index is 13.3. The second kappa shape index (κ2) is 11.5. The molecule has 2 heterocycles. The number of hydrogen-bond acceptors (Lipinski definition) is 5. The molecule has 1 amide bonds. The number of halogens is 2. The lowest BCUT2D eigenvalue weighted by Gasteiger charge is -2.14. The lowest BCUT2D eigenvalue weighted by Crippen LogP contribution is -2.27. The van der Waals surface area contributed by atoms with E-state index in [1.54, 1.807) is 22.9 Å². The van der Waals surface area contributed by atoms with Crippen LogP contribution in [0.25, 0.3) is 23.0 Å². The third-order valence-corrected chi connectivity index (χ3v) is 7.52. The van der Waals surface area contributed by atoms with E-state index in [0.717, 1.165) is 28.8 Å². The van der Waals surface area contributed by atoms with Crippen LogP contribution in [0.3, 0.4) is 0 Å². The van der Waals surface area contributed by atoms with Gasteiger partial charge >= 0.3 is 0 Å². The van der Waals surface area contributed by atoms with E-state index in [1.165, 1.54) is 28.8 Å². The largest absolute Gasteiger partial charge is 0.492 e. The molecule has 0 N–H and O–H groups in total. The van der Waals surface area contributed by atoms with Crippen molar-refractivity contribution in [1.82, 2.24) is 14.7 Å². The molecule has 0 atom stereocenters. The molecule has 0 spiro atoms. The van der Waals surface area contributed by atoms with E-state index in [9.17, 15) is 9.18 Å². The minimum Gasteiger partial charge on any atom is -0.492 e. The number of para-hydroxylation sites is 1. The topological polar surface area (TPSA) is 47.4 Å². The molecule has 3 aromatic carbocycles. The van der Waals surface area contributed by atoms with E-state index in [2.05, 4.69) is 0 Å². The van der Waals surface area contributed by atoms with E-state index >= 15 is 0 Å². The van der Waals surface area contributed by atoms with Crippen LogP contribution in [0.15, 0.2) is 83.9 Å². The first-order valence-electron chi connectivity index (χ1n) is 12.0. The number of amides is 1. The first-order chi connectivity index (χ1) is 18.4. The molecule has 5 rings (SSSR count). The fraction of sp³-hybridized carbons (Fsp3) is 0.138. The van der Waals surface area contributed by atoms with Gasteiger partial charge in [0.05, 0.1) is 28.8 Å². The average Bonchev–Trinajstić information content (AvgIpc) is 3.46. The van der Waals surface area contributed by atoms with Crippen molar-refractivity contribution in [1.29, 1.82) is 0 Å². The number of ether oxygens (including phenoxy) is 1. The van der Waals surface area contributed by atoms with Crippen LogP contribution in [0.1, 0.15) is 24.5 Å². The molecule has 1 aliphatic heterocycles. The quantitative estimate of drug-likeness (QED) is 0.164. The van der Waals surface area contributed by atoms with Crippen LogP contribution in [0.5, 0.6) is 5.75 Å². The first kappa shape index (κ1) is 26.2. The smallest absolute Gasteiger partial charge is 0.266 e. The van der Waals surface area contributed by atoms with Crippen LogP contribution in [0.4, 0.5) is 4.39 Å². The van der Waals surface area contributed by atoms with Gasteiger partial charge in [-0.3, -0.25) is 9.69 Å². The molecule has 1 aliphatic rings. The van der Waals surface area contributed by atoms with E-state index in [0.29, 0.717) is 32.3 Å². The Morgan fingerprint density at radius 2 is 1.87 bits per heavy atom. The molecule has 0 aliphatic carbocycles. The molecule has 5 nitrogen and oxygen atoms in total. The number of rotatable bonds is 8. The Morgan fingerprint density at radius 3 is 2.58 bits per heavy atom. The summed E-state index contributed by atoms with van der Waals surface area (Å²) in [6.07, 6.45) is 4.57. The highest BCUT2D eigenvalue weighted by atomic mass is 35.5. The van der Waals surface area contributed by atoms with Crippen molar-refractivity contribution in [3.63, 3.8) is 0 Å². The highest BCUT2D eigenvalue weighted by molar-refractivity contribution is 8.26. The summed E-state index contributed by atoms with van der Waals surface area (Å²) in [6.45, 7) is 2.88. The van der Waals surface area contributed by atoms with Crippen molar-refractivity contribution in [2.45, 2.75) is 19.9 Å². The third kappa shape index (κ3) is 5.67. The fourth-order valence-electron chi connectivity index (χ4n) is 3.96.